The Balaban J connectivity index is 1.49. The number of carbonyl (C=O) groups excluding carboxylic acids is 1. The summed E-state index contributed by atoms with van der Waals surface area (Å²) >= 11 is 0. The fraction of sp³-hybridized carbons (Fsp3) is 0.421. The maximum atomic E-state index is 13.4. The molecule has 3 saturated heterocycles. The summed E-state index contributed by atoms with van der Waals surface area (Å²) in [6.07, 6.45) is 5.82. The Morgan fingerprint density at radius 1 is 1.21 bits per heavy atom. The molecule has 1 aromatic carbocycles. The van der Waals surface area contributed by atoms with E-state index in [4.69, 9.17) is 0 Å². The van der Waals surface area contributed by atoms with E-state index in [2.05, 4.69) is 17.1 Å². The van der Waals surface area contributed by atoms with Crippen LogP contribution in [0.2, 0.25) is 0 Å². The highest BCUT2D eigenvalue weighted by molar-refractivity contribution is 5.79. The summed E-state index contributed by atoms with van der Waals surface area (Å²) < 4.78 is 14.9. The molecular formula is C19H22FN3O. The Morgan fingerprint density at radius 2 is 2.00 bits per heavy atom. The van der Waals surface area contributed by atoms with Crippen molar-refractivity contribution >= 4 is 6.03 Å². The SMILES string of the molecule is C[C@H]1[C@H](NC(=O)n2ccc(-c3cccc(F)c3)c2)C2CCN1CC2. The van der Waals surface area contributed by atoms with E-state index >= 15 is 0 Å². The van der Waals surface area contributed by atoms with E-state index in [1.807, 2.05) is 12.1 Å². The molecule has 2 atom stereocenters. The van der Waals surface area contributed by atoms with Crippen LogP contribution in [0.1, 0.15) is 19.8 Å². The summed E-state index contributed by atoms with van der Waals surface area (Å²) in [6.45, 7) is 4.49. The number of nitrogens with zero attached hydrogens (tertiary/aromatic N) is 2. The van der Waals surface area contributed by atoms with Crippen molar-refractivity contribution in [2.75, 3.05) is 13.1 Å². The van der Waals surface area contributed by atoms with E-state index in [-0.39, 0.29) is 17.9 Å². The molecule has 0 radical (unpaired) electrons. The maximum Gasteiger partial charge on any atom is 0.325 e. The lowest BCUT2D eigenvalue weighted by Crippen LogP contribution is -2.62. The van der Waals surface area contributed by atoms with Crippen molar-refractivity contribution in [2.24, 2.45) is 5.92 Å². The average molecular weight is 327 g/mol. The number of nitrogens with one attached hydrogen (secondary N) is 1. The van der Waals surface area contributed by atoms with Crippen molar-refractivity contribution in [3.8, 4) is 11.1 Å². The molecule has 3 fully saturated rings. The molecule has 4 nitrogen and oxygen atoms in total. The predicted molar refractivity (Wildman–Crippen MR) is 91.3 cm³/mol. The van der Waals surface area contributed by atoms with Crippen LogP contribution in [-0.4, -0.2) is 40.7 Å². The fourth-order valence-corrected chi connectivity index (χ4v) is 4.12. The first-order chi connectivity index (χ1) is 11.6. The van der Waals surface area contributed by atoms with Crippen molar-refractivity contribution in [3.63, 3.8) is 0 Å². The van der Waals surface area contributed by atoms with Gasteiger partial charge in [0.25, 0.3) is 0 Å². The topological polar surface area (TPSA) is 37.3 Å². The highest BCUT2D eigenvalue weighted by Gasteiger charge is 2.40. The Kier molecular flexibility index (Phi) is 3.88. The number of piperidine rings is 3. The summed E-state index contributed by atoms with van der Waals surface area (Å²) in [5.74, 6) is 0.304. The predicted octanol–water partition coefficient (Wildman–Crippen LogP) is 3.33. The molecular weight excluding hydrogens is 305 g/mol. The first-order valence-electron chi connectivity index (χ1n) is 8.61. The van der Waals surface area contributed by atoms with E-state index in [0.717, 1.165) is 37.1 Å². The molecule has 1 aromatic heterocycles. The number of amides is 1. The molecule has 126 valence electrons. The third-order valence-electron chi connectivity index (χ3n) is 5.55. The maximum absolute atomic E-state index is 13.4. The van der Waals surface area contributed by atoms with Crippen LogP contribution >= 0.6 is 0 Å². The van der Waals surface area contributed by atoms with E-state index in [9.17, 15) is 9.18 Å². The first kappa shape index (κ1) is 15.4. The number of hydrogen-bond acceptors (Lipinski definition) is 2. The molecule has 2 bridgehead atoms. The van der Waals surface area contributed by atoms with Gasteiger partial charge in [0.05, 0.1) is 0 Å². The smallest absolute Gasteiger partial charge is 0.325 e. The largest absolute Gasteiger partial charge is 0.333 e. The molecule has 1 amide bonds. The van der Waals surface area contributed by atoms with Crippen LogP contribution in [0.5, 0.6) is 0 Å². The van der Waals surface area contributed by atoms with Gasteiger partial charge >= 0.3 is 6.03 Å². The fourth-order valence-electron chi connectivity index (χ4n) is 4.12. The van der Waals surface area contributed by atoms with Gasteiger partial charge in [-0.05, 0) is 68.1 Å². The van der Waals surface area contributed by atoms with Gasteiger partial charge in [0.1, 0.15) is 5.82 Å². The molecule has 5 heteroatoms. The van der Waals surface area contributed by atoms with E-state index in [1.54, 1.807) is 23.0 Å². The van der Waals surface area contributed by atoms with Crippen LogP contribution in [0, 0.1) is 11.7 Å². The van der Waals surface area contributed by atoms with E-state index in [1.165, 1.54) is 12.1 Å². The van der Waals surface area contributed by atoms with E-state index < -0.39 is 0 Å². The highest BCUT2D eigenvalue weighted by atomic mass is 19.1. The Morgan fingerprint density at radius 3 is 2.71 bits per heavy atom. The third kappa shape index (κ3) is 2.73. The van der Waals surface area contributed by atoms with Crippen molar-refractivity contribution in [1.29, 1.82) is 0 Å². The molecule has 4 heterocycles. The average Bonchev–Trinajstić information content (AvgIpc) is 3.09. The number of aromatic nitrogens is 1. The molecule has 2 aromatic rings. The Labute approximate surface area is 141 Å². The van der Waals surface area contributed by atoms with Crippen LogP contribution in [0.3, 0.4) is 0 Å². The van der Waals surface area contributed by atoms with Gasteiger partial charge in [-0.1, -0.05) is 12.1 Å². The lowest BCUT2D eigenvalue weighted by Gasteiger charge is -2.49. The molecule has 3 aliphatic rings. The third-order valence-corrected chi connectivity index (χ3v) is 5.55. The quantitative estimate of drug-likeness (QED) is 0.918. The van der Waals surface area contributed by atoms with E-state index in [0.29, 0.717) is 12.0 Å². The normalized spacial score (nSPS) is 28.8. The van der Waals surface area contributed by atoms with Crippen LogP contribution in [-0.2, 0) is 0 Å². The standard InChI is InChI=1S/C19H22FN3O/c1-13-18(14-5-8-22(13)9-6-14)21-19(24)23-10-7-16(12-23)15-3-2-4-17(20)11-15/h2-4,7,10-14,18H,5-6,8-9H2,1H3,(H,21,24)/t13-,18-/m0/s1. The summed E-state index contributed by atoms with van der Waals surface area (Å²) in [5, 5.41) is 3.20. The molecule has 0 saturated carbocycles. The number of halogens is 1. The second-order valence-electron chi connectivity index (χ2n) is 6.91. The number of carbonyl (C=O) groups is 1. The second kappa shape index (κ2) is 6.06. The van der Waals surface area contributed by atoms with Crippen LogP contribution in [0.4, 0.5) is 9.18 Å². The van der Waals surface area contributed by atoms with Gasteiger partial charge in [0.2, 0.25) is 0 Å². The summed E-state index contributed by atoms with van der Waals surface area (Å²) in [7, 11) is 0. The zero-order valence-electron chi connectivity index (χ0n) is 13.8. The Bertz CT molecular complexity index is 747. The molecule has 5 rings (SSSR count). The minimum absolute atomic E-state index is 0.108. The van der Waals surface area contributed by atoms with Gasteiger partial charge in [0.15, 0.2) is 0 Å². The first-order valence-corrected chi connectivity index (χ1v) is 8.61. The van der Waals surface area contributed by atoms with Gasteiger partial charge in [-0.2, -0.15) is 0 Å². The number of rotatable bonds is 2. The van der Waals surface area contributed by atoms with Crippen LogP contribution in [0.15, 0.2) is 42.7 Å². The number of benzene rings is 1. The molecule has 0 spiro atoms. The second-order valence-corrected chi connectivity index (χ2v) is 6.91. The van der Waals surface area contributed by atoms with Crippen molar-refractivity contribution in [3.05, 3.63) is 48.5 Å². The monoisotopic (exact) mass is 327 g/mol. The molecule has 24 heavy (non-hydrogen) atoms. The molecule has 0 unspecified atom stereocenters. The molecule has 0 aliphatic carbocycles. The van der Waals surface area contributed by atoms with Crippen LogP contribution in [0.25, 0.3) is 11.1 Å². The van der Waals surface area contributed by atoms with Gasteiger partial charge in [0, 0.05) is 24.5 Å². The van der Waals surface area contributed by atoms with Gasteiger partial charge in [-0.3, -0.25) is 9.47 Å². The summed E-state index contributed by atoms with van der Waals surface area (Å²) in [6, 6.07) is 8.75. The van der Waals surface area contributed by atoms with Gasteiger partial charge in [-0.15, -0.1) is 0 Å². The molecule has 3 aliphatic heterocycles. The molecule has 1 N–H and O–H groups in total. The zero-order valence-corrected chi connectivity index (χ0v) is 13.8. The van der Waals surface area contributed by atoms with Crippen molar-refractivity contribution in [1.82, 2.24) is 14.8 Å². The summed E-state index contributed by atoms with van der Waals surface area (Å²) in [4.78, 5) is 15.1. The Hall–Kier alpha value is -2.14. The van der Waals surface area contributed by atoms with Crippen LogP contribution < -0.4 is 5.32 Å². The van der Waals surface area contributed by atoms with Gasteiger partial charge in [-0.25, -0.2) is 9.18 Å². The van der Waals surface area contributed by atoms with Crippen molar-refractivity contribution < 1.29 is 9.18 Å². The number of hydrogen-bond donors (Lipinski definition) is 1. The minimum Gasteiger partial charge on any atom is -0.333 e. The van der Waals surface area contributed by atoms with Gasteiger partial charge < -0.3 is 5.32 Å². The number of fused-ring (bicyclic) bond motifs is 3. The summed E-state index contributed by atoms with van der Waals surface area (Å²) in [5.41, 5.74) is 1.62. The lowest BCUT2D eigenvalue weighted by atomic mass is 9.79. The zero-order chi connectivity index (χ0) is 16.7. The minimum atomic E-state index is -0.272. The highest BCUT2D eigenvalue weighted by Crippen LogP contribution is 2.32. The lowest BCUT2D eigenvalue weighted by molar-refractivity contribution is 0.0267. The van der Waals surface area contributed by atoms with Crippen molar-refractivity contribution in [2.45, 2.75) is 31.8 Å².